The number of benzene rings is 3. The Morgan fingerprint density at radius 1 is 0.976 bits per heavy atom. The summed E-state index contributed by atoms with van der Waals surface area (Å²) in [5, 5.41) is 16.3. The van der Waals surface area contributed by atoms with E-state index in [-0.39, 0.29) is 36.9 Å². The summed E-state index contributed by atoms with van der Waals surface area (Å²) in [6.45, 7) is 3.22. The Labute approximate surface area is 242 Å². The predicted molar refractivity (Wildman–Crippen MR) is 163 cm³/mol. The van der Waals surface area contributed by atoms with E-state index in [1.54, 1.807) is 7.05 Å². The number of nitrogens with one attached hydrogen (secondary N) is 2. The SMILES string of the molecule is CC1c2cc(NCc3ccccc3)ccc2OC1C(Nc1ccc(C(=O)N(C)CCC(=O)O)cc1)C1CCCCC1. The maximum absolute atomic E-state index is 12.8. The second-order valence-corrected chi connectivity index (χ2v) is 11.5. The van der Waals surface area contributed by atoms with Crippen molar-refractivity contribution in [2.24, 2.45) is 5.92 Å². The minimum absolute atomic E-state index is 0.000865. The highest BCUT2D eigenvalue weighted by atomic mass is 16.5. The van der Waals surface area contributed by atoms with Gasteiger partial charge in [-0.25, -0.2) is 0 Å². The van der Waals surface area contributed by atoms with Gasteiger partial charge in [0.15, 0.2) is 0 Å². The normalized spacial score (nSPS) is 19.1. The van der Waals surface area contributed by atoms with Crippen LogP contribution in [0.1, 0.15) is 72.9 Å². The fourth-order valence-corrected chi connectivity index (χ4v) is 6.18. The summed E-state index contributed by atoms with van der Waals surface area (Å²) in [6, 6.07) is 24.5. The summed E-state index contributed by atoms with van der Waals surface area (Å²) < 4.78 is 6.67. The molecule has 3 unspecified atom stereocenters. The molecule has 3 N–H and O–H groups in total. The van der Waals surface area contributed by atoms with Crippen molar-refractivity contribution >= 4 is 23.3 Å². The van der Waals surface area contributed by atoms with Crippen molar-refractivity contribution in [2.45, 2.75) is 70.1 Å². The van der Waals surface area contributed by atoms with Crippen LogP contribution < -0.4 is 15.4 Å². The van der Waals surface area contributed by atoms with Crippen molar-refractivity contribution in [3.63, 3.8) is 0 Å². The first-order chi connectivity index (χ1) is 19.9. The van der Waals surface area contributed by atoms with Crippen LogP contribution in [-0.2, 0) is 11.3 Å². The maximum Gasteiger partial charge on any atom is 0.305 e. The van der Waals surface area contributed by atoms with Crippen LogP contribution in [0.25, 0.3) is 0 Å². The number of rotatable bonds is 11. The fraction of sp³-hybridized carbons (Fsp3) is 0.412. The smallest absolute Gasteiger partial charge is 0.305 e. The van der Waals surface area contributed by atoms with Crippen LogP contribution in [0.15, 0.2) is 72.8 Å². The molecule has 3 aromatic carbocycles. The molecule has 1 heterocycles. The highest BCUT2D eigenvalue weighted by molar-refractivity contribution is 5.94. The highest BCUT2D eigenvalue weighted by Crippen LogP contribution is 2.44. The van der Waals surface area contributed by atoms with Gasteiger partial charge >= 0.3 is 5.97 Å². The van der Waals surface area contributed by atoms with E-state index in [0.717, 1.165) is 23.7 Å². The Bertz CT molecular complexity index is 1320. The highest BCUT2D eigenvalue weighted by Gasteiger charge is 2.41. The van der Waals surface area contributed by atoms with Gasteiger partial charge in [0.1, 0.15) is 11.9 Å². The van der Waals surface area contributed by atoms with E-state index in [4.69, 9.17) is 9.84 Å². The number of carboxylic acid groups (broad SMARTS) is 1. The van der Waals surface area contributed by atoms with Crippen molar-refractivity contribution in [1.29, 1.82) is 0 Å². The van der Waals surface area contributed by atoms with Crippen LogP contribution in [0.3, 0.4) is 0 Å². The van der Waals surface area contributed by atoms with Crippen LogP contribution in [0, 0.1) is 5.92 Å². The Morgan fingerprint density at radius 3 is 2.39 bits per heavy atom. The van der Waals surface area contributed by atoms with E-state index >= 15 is 0 Å². The van der Waals surface area contributed by atoms with Gasteiger partial charge < -0.3 is 25.4 Å². The quantitative estimate of drug-likeness (QED) is 0.242. The van der Waals surface area contributed by atoms with Crippen LogP contribution >= 0.6 is 0 Å². The zero-order valence-electron chi connectivity index (χ0n) is 24.0. The summed E-state index contributed by atoms with van der Waals surface area (Å²) in [5.74, 6) is 0.599. The lowest BCUT2D eigenvalue weighted by Crippen LogP contribution is -2.44. The molecule has 1 aliphatic heterocycles. The summed E-state index contributed by atoms with van der Waals surface area (Å²) >= 11 is 0. The van der Waals surface area contributed by atoms with Gasteiger partial charge in [0.2, 0.25) is 0 Å². The van der Waals surface area contributed by atoms with Crippen LogP contribution in [0.2, 0.25) is 0 Å². The molecule has 0 bridgehead atoms. The number of nitrogens with zero attached hydrogens (tertiary/aromatic N) is 1. The van der Waals surface area contributed by atoms with Gasteiger partial charge in [-0.2, -0.15) is 0 Å². The number of ether oxygens (including phenoxy) is 1. The maximum atomic E-state index is 12.8. The Hall–Kier alpha value is -4.00. The zero-order valence-corrected chi connectivity index (χ0v) is 24.0. The molecule has 216 valence electrons. The number of carbonyl (C=O) groups excluding carboxylic acids is 1. The molecular weight excluding hydrogens is 514 g/mol. The van der Waals surface area contributed by atoms with Gasteiger partial charge in [-0.1, -0.05) is 56.5 Å². The number of fused-ring (bicyclic) bond motifs is 1. The molecule has 2 aliphatic rings. The molecule has 0 saturated heterocycles. The molecule has 1 amide bonds. The molecule has 41 heavy (non-hydrogen) atoms. The van der Waals surface area contributed by atoms with Gasteiger partial charge in [-0.05, 0) is 66.8 Å². The first-order valence-electron chi connectivity index (χ1n) is 14.8. The minimum atomic E-state index is -0.914. The average molecular weight is 556 g/mol. The van der Waals surface area contributed by atoms with Crippen molar-refractivity contribution < 1.29 is 19.4 Å². The van der Waals surface area contributed by atoms with E-state index in [1.165, 1.54) is 48.1 Å². The minimum Gasteiger partial charge on any atom is -0.487 e. The number of carbonyl (C=O) groups is 2. The van der Waals surface area contributed by atoms with Crippen molar-refractivity contribution in [2.75, 3.05) is 24.2 Å². The monoisotopic (exact) mass is 555 g/mol. The third kappa shape index (κ3) is 7.02. The van der Waals surface area contributed by atoms with Crippen molar-refractivity contribution in [1.82, 2.24) is 4.90 Å². The first kappa shape index (κ1) is 28.5. The lowest BCUT2D eigenvalue weighted by molar-refractivity contribution is -0.137. The third-order valence-electron chi connectivity index (χ3n) is 8.58. The van der Waals surface area contributed by atoms with Gasteiger partial charge in [0.25, 0.3) is 5.91 Å². The standard InChI is InChI=1S/C34H41N3O4/c1-23-29-21-28(35-22-24-9-5-3-6-10-24)17-18-30(29)41-33(23)32(25-11-7-4-8-12-25)36-27-15-13-26(14-16-27)34(40)37(2)20-19-31(38)39/h3,5-6,9-10,13-18,21,23,25,32-33,35-36H,4,7-8,11-12,19-20,22H2,1-2H3,(H,38,39). The third-order valence-corrected chi connectivity index (χ3v) is 8.58. The lowest BCUT2D eigenvalue weighted by atomic mass is 9.78. The van der Waals surface area contributed by atoms with Crippen molar-refractivity contribution in [3.05, 3.63) is 89.5 Å². The van der Waals surface area contributed by atoms with E-state index < -0.39 is 5.97 Å². The molecule has 1 saturated carbocycles. The summed E-state index contributed by atoms with van der Waals surface area (Å²) in [6.07, 6.45) is 6.04. The molecule has 7 heteroatoms. The van der Waals surface area contributed by atoms with Gasteiger partial charge in [0, 0.05) is 48.6 Å². The molecule has 5 rings (SSSR count). The molecule has 7 nitrogen and oxygen atoms in total. The molecule has 3 aromatic rings. The number of hydrogen-bond acceptors (Lipinski definition) is 5. The Morgan fingerprint density at radius 2 is 1.68 bits per heavy atom. The van der Waals surface area contributed by atoms with Gasteiger partial charge in [-0.15, -0.1) is 0 Å². The van der Waals surface area contributed by atoms with E-state index in [9.17, 15) is 9.59 Å². The fourth-order valence-electron chi connectivity index (χ4n) is 6.18. The number of aliphatic carboxylic acids is 1. The van der Waals surface area contributed by atoms with Gasteiger partial charge in [-0.3, -0.25) is 9.59 Å². The zero-order chi connectivity index (χ0) is 28.8. The van der Waals surface area contributed by atoms with Gasteiger partial charge in [0.05, 0.1) is 12.5 Å². The summed E-state index contributed by atoms with van der Waals surface area (Å²) in [4.78, 5) is 25.1. The molecule has 0 aromatic heterocycles. The summed E-state index contributed by atoms with van der Waals surface area (Å²) in [5.41, 5.74) is 5.09. The lowest BCUT2D eigenvalue weighted by Gasteiger charge is -2.36. The number of anilines is 2. The molecule has 0 spiro atoms. The second kappa shape index (κ2) is 13.1. The molecular formula is C34H41N3O4. The number of hydrogen-bond donors (Lipinski definition) is 3. The largest absolute Gasteiger partial charge is 0.487 e. The molecule has 3 atom stereocenters. The molecule has 0 radical (unpaired) electrons. The predicted octanol–water partition coefficient (Wildman–Crippen LogP) is 6.77. The second-order valence-electron chi connectivity index (χ2n) is 11.5. The molecule has 1 fully saturated rings. The van der Waals surface area contributed by atoms with Crippen LogP contribution in [0.4, 0.5) is 11.4 Å². The Kier molecular flexibility index (Phi) is 9.12. The van der Waals surface area contributed by atoms with Crippen LogP contribution in [0.5, 0.6) is 5.75 Å². The Balaban J connectivity index is 1.29. The van der Waals surface area contributed by atoms with E-state index in [2.05, 4.69) is 60.0 Å². The van der Waals surface area contributed by atoms with Crippen LogP contribution in [-0.4, -0.2) is 47.6 Å². The van der Waals surface area contributed by atoms with Crippen molar-refractivity contribution in [3.8, 4) is 5.75 Å². The number of amides is 1. The summed E-state index contributed by atoms with van der Waals surface area (Å²) in [7, 11) is 1.63. The number of carboxylic acids is 1. The molecule has 1 aliphatic carbocycles. The first-order valence-corrected chi connectivity index (χ1v) is 14.8. The average Bonchev–Trinajstić information content (AvgIpc) is 3.33. The van der Waals surface area contributed by atoms with E-state index in [1.807, 2.05) is 30.3 Å². The van der Waals surface area contributed by atoms with E-state index in [0.29, 0.717) is 11.5 Å². The topological polar surface area (TPSA) is 90.9 Å².